The van der Waals surface area contributed by atoms with Crippen LogP contribution in [0, 0.1) is 0 Å². The van der Waals surface area contributed by atoms with Crippen LogP contribution in [0.3, 0.4) is 0 Å². The molecule has 2 aromatic rings. The van der Waals surface area contributed by atoms with Gasteiger partial charge in [-0.25, -0.2) is 4.79 Å². The van der Waals surface area contributed by atoms with Crippen molar-refractivity contribution in [2.75, 3.05) is 6.61 Å². The first-order valence-corrected chi connectivity index (χ1v) is 7.85. The molecule has 1 atom stereocenters. The van der Waals surface area contributed by atoms with Crippen molar-refractivity contribution in [1.82, 2.24) is 14.5 Å². The Bertz CT molecular complexity index is 891. The summed E-state index contributed by atoms with van der Waals surface area (Å²) in [5, 5.41) is 2.30. The van der Waals surface area contributed by atoms with Gasteiger partial charge < -0.3 is 4.74 Å². The maximum absolute atomic E-state index is 12.6. The predicted octanol–water partition coefficient (Wildman–Crippen LogP) is 1.32. The van der Waals surface area contributed by atoms with Gasteiger partial charge >= 0.3 is 5.69 Å². The smallest absolute Gasteiger partial charge is 0.329 e. The third-order valence-corrected chi connectivity index (χ3v) is 4.16. The van der Waals surface area contributed by atoms with Crippen LogP contribution >= 0.6 is 0 Å². The molecule has 7 nitrogen and oxygen atoms in total. The van der Waals surface area contributed by atoms with Crippen LogP contribution in [-0.2, 0) is 21.4 Å². The quantitative estimate of drug-likeness (QED) is 0.677. The van der Waals surface area contributed by atoms with Crippen molar-refractivity contribution in [3.63, 3.8) is 0 Å². The second-order valence-electron chi connectivity index (χ2n) is 5.68. The van der Waals surface area contributed by atoms with Crippen LogP contribution in [0.5, 0.6) is 0 Å². The molecule has 2 amide bonds. The van der Waals surface area contributed by atoms with E-state index in [-0.39, 0.29) is 18.0 Å². The predicted molar refractivity (Wildman–Crippen MR) is 89.3 cm³/mol. The van der Waals surface area contributed by atoms with Gasteiger partial charge in [0.05, 0.1) is 23.9 Å². The van der Waals surface area contributed by atoms with Gasteiger partial charge in [-0.15, -0.1) is 0 Å². The first-order chi connectivity index (χ1) is 11.5. The van der Waals surface area contributed by atoms with E-state index < -0.39 is 11.9 Å². The van der Waals surface area contributed by atoms with E-state index >= 15 is 0 Å². The number of benzene rings is 1. The zero-order chi connectivity index (χ0) is 17.3. The van der Waals surface area contributed by atoms with Gasteiger partial charge in [-0.1, -0.05) is 6.07 Å². The number of nitrogens with zero attached hydrogens (tertiary/aromatic N) is 2. The van der Waals surface area contributed by atoms with Crippen molar-refractivity contribution in [2.45, 2.75) is 25.8 Å². The average molecular weight is 329 g/mol. The molecule has 1 saturated heterocycles. The number of fused-ring (bicyclic) bond motifs is 1. The molecule has 1 aliphatic rings. The van der Waals surface area contributed by atoms with Crippen LogP contribution in [-0.4, -0.2) is 27.6 Å². The van der Waals surface area contributed by atoms with Crippen molar-refractivity contribution in [3.8, 4) is 0 Å². The molecule has 0 spiro atoms. The van der Waals surface area contributed by atoms with Crippen molar-refractivity contribution < 1.29 is 14.3 Å². The lowest BCUT2D eigenvalue weighted by Gasteiger charge is -2.21. The lowest BCUT2D eigenvalue weighted by Crippen LogP contribution is -2.44. The fourth-order valence-electron chi connectivity index (χ4n) is 2.94. The van der Waals surface area contributed by atoms with Gasteiger partial charge in [-0.3, -0.25) is 24.0 Å². The van der Waals surface area contributed by atoms with Gasteiger partial charge in [0.15, 0.2) is 0 Å². The van der Waals surface area contributed by atoms with Gasteiger partial charge in [0, 0.05) is 13.5 Å². The topological polar surface area (TPSA) is 82.3 Å². The van der Waals surface area contributed by atoms with Crippen molar-refractivity contribution in [1.29, 1.82) is 0 Å². The maximum Gasteiger partial charge on any atom is 0.329 e. The highest BCUT2D eigenvalue weighted by atomic mass is 16.5. The number of nitrogens with one attached hydrogen (secondary N) is 1. The Labute approximate surface area is 138 Å². The summed E-state index contributed by atoms with van der Waals surface area (Å²) in [4.78, 5) is 36.1. The van der Waals surface area contributed by atoms with Crippen LogP contribution in [0.4, 0.5) is 0 Å². The van der Waals surface area contributed by atoms with E-state index in [4.69, 9.17) is 4.74 Å². The molecule has 0 bridgehead atoms. The van der Waals surface area contributed by atoms with Crippen LogP contribution in [0.15, 0.2) is 29.3 Å². The van der Waals surface area contributed by atoms with E-state index in [9.17, 15) is 14.4 Å². The number of ether oxygens (including phenoxy) is 1. The minimum atomic E-state index is -0.663. The van der Waals surface area contributed by atoms with E-state index in [1.807, 2.05) is 31.2 Å². The zero-order valence-corrected chi connectivity index (χ0v) is 13.6. The molecule has 1 aliphatic heterocycles. The van der Waals surface area contributed by atoms with E-state index in [1.165, 1.54) is 9.13 Å². The number of imide groups is 1. The number of piperidine rings is 1. The molecule has 1 aromatic heterocycles. The number of aromatic nitrogens is 2. The van der Waals surface area contributed by atoms with Crippen molar-refractivity contribution >= 4 is 28.9 Å². The summed E-state index contributed by atoms with van der Waals surface area (Å²) in [6, 6.07) is 4.88. The van der Waals surface area contributed by atoms with Crippen molar-refractivity contribution in [3.05, 3.63) is 40.5 Å². The van der Waals surface area contributed by atoms with E-state index in [0.717, 1.165) is 11.1 Å². The van der Waals surface area contributed by atoms with Crippen molar-refractivity contribution in [2.24, 2.45) is 7.05 Å². The number of amides is 2. The fraction of sp³-hybridized carbons (Fsp3) is 0.353. The van der Waals surface area contributed by atoms with Crippen LogP contribution < -0.4 is 11.0 Å². The van der Waals surface area contributed by atoms with Gasteiger partial charge in [-0.05, 0) is 37.1 Å². The molecule has 24 heavy (non-hydrogen) atoms. The molecule has 2 heterocycles. The molecule has 3 rings (SSSR count). The van der Waals surface area contributed by atoms with E-state index in [0.29, 0.717) is 18.5 Å². The molecular weight excluding hydrogens is 310 g/mol. The largest absolute Gasteiger partial charge is 0.501 e. The summed E-state index contributed by atoms with van der Waals surface area (Å²) in [6.45, 7) is 2.49. The minimum Gasteiger partial charge on any atom is -0.501 e. The molecule has 1 aromatic carbocycles. The minimum absolute atomic E-state index is 0.231. The Hall–Kier alpha value is -2.83. The number of hydrogen-bond donors (Lipinski definition) is 1. The molecular formula is C17H19N3O4. The summed E-state index contributed by atoms with van der Waals surface area (Å²) in [5.74, 6) is -0.728. The molecule has 0 saturated carbocycles. The van der Waals surface area contributed by atoms with Gasteiger partial charge in [0.1, 0.15) is 6.04 Å². The molecule has 1 N–H and O–H groups in total. The van der Waals surface area contributed by atoms with Gasteiger partial charge in [-0.2, -0.15) is 0 Å². The second kappa shape index (κ2) is 6.35. The van der Waals surface area contributed by atoms with Gasteiger partial charge in [0.2, 0.25) is 11.8 Å². The van der Waals surface area contributed by atoms with Gasteiger partial charge in [0.25, 0.3) is 0 Å². The fourth-order valence-corrected chi connectivity index (χ4v) is 2.94. The first kappa shape index (κ1) is 16.0. The molecule has 126 valence electrons. The Morgan fingerprint density at radius 2 is 2.08 bits per heavy atom. The summed E-state index contributed by atoms with van der Waals surface area (Å²) < 4.78 is 8.17. The summed E-state index contributed by atoms with van der Waals surface area (Å²) in [5.41, 5.74) is 2.02. The Morgan fingerprint density at radius 1 is 1.29 bits per heavy atom. The molecule has 1 unspecified atom stereocenters. The molecule has 1 fully saturated rings. The summed E-state index contributed by atoms with van der Waals surface area (Å²) in [6.07, 6.45) is 3.98. The Balaban J connectivity index is 2.06. The maximum atomic E-state index is 12.6. The molecule has 0 aliphatic carbocycles. The summed E-state index contributed by atoms with van der Waals surface area (Å²) >= 11 is 0. The highest BCUT2D eigenvalue weighted by Crippen LogP contribution is 2.23. The SMILES string of the molecule is CCO/C=C\c1ccc2c(c1)n(C)c(=O)n2C1CCC(=O)NC1=O. The monoisotopic (exact) mass is 329 g/mol. The lowest BCUT2D eigenvalue weighted by molar-refractivity contribution is -0.135. The normalized spacial score (nSPS) is 18.3. The number of rotatable bonds is 4. The highest BCUT2D eigenvalue weighted by Gasteiger charge is 2.31. The highest BCUT2D eigenvalue weighted by molar-refractivity contribution is 6.00. The lowest BCUT2D eigenvalue weighted by atomic mass is 10.1. The van der Waals surface area contributed by atoms with E-state index in [1.54, 1.807) is 13.3 Å². The Morgan fingerprint density at radius 3 is 2.79 bits per heavy atom. The summed E-state index contributed by atoms with van der Waals surface area (Å²) in [7, 11) is 1.67. The number of carbonyl (C=O) groups is 2. The van der Waals surface area contributed by atoms with Crippen LogP contribution in [0.1, 0.15) is 31.4 Å². The molecule has 7 heteroatoms. The number of carbonyl (C=O) groups excluding carboxylic acids is 2. The Kier molecular flexibility index (Phi) is 4.24. The third kappa shape index (κ3) is 2.73. The van der Waals surface area contributed by atoms with Crippen LogP contribution in [0.2, 0.25) is 0 Å². The number of imidazole rings is 1. The standard InChI is InChI=1S/C17H19N3O4/c1-3-24-9-8-11-4-5-12-14(10-11)19(2)17(23)20(12)13-6-7-15(21)18-16(13)22/h4-5,8-10,13H,3,6-7H2,1-2H3,(H,18,21,22)/b9-8-. The van der Waals surface area contributed by atoms with E-state index in [2.05, 4.69) is 5.32 Å². The first-order valence-electron chi connectivity index (χ1n) is 7.85. The number of aryl methyl sites for hydroxylation is 1. The zero-order valence-electron chi connectivity index (χ0n) is 13.6. The number of hydrogen-bond acceptors (Lipinski definition) is 4. The molecule has 0 radical (unpaired) electrons. The second-order valence-corrected chi connectivity index (χ2v) is 5.68. The van der Waals surface area contributed by atoms with Crippen LogP contribution in [0.25, 0.3) is 17.1 Å². The average Bonchev–Trinajstić information content (AvgIpc) is 2.80. The third-order valence-electron chi connectivity index (χ3n) is 4.16.